The van der Waals surface area contributed by atoms with Crippen LogP contribution < -0.4 is 0 Å². The minimum atomic E-state index is -1.48. The molecule has 0 radical (unpaired) electrons. The summed E-state index contributed by atoms with van der Waals surface area (Å²) in [7, 11) is 0. The van der Waals surface area contributed by atoms with Crippen molar-refractivity contribution < 1.29 is 44.7 Å². The monoisotopic (exact) mass is 342 g/mol. The molecule has 132 valence electrons. The number of hydrogen-bond donors (Lipinski definition) is 5. The second kappa shape index (κ2) is 9.95. The Bertz CT molecular complexity index is 621. The van der Waals surface area contributed by atoms with Crippen molar-refractivity contribution in [2.45, 2.75) is 19.8 Å². The zero-order chi connectivity index (χ0) is 18.9. The Morgan fingerprint density at radius 1 is 0.917 bits per heavy atom. The van der Waals surface area contributed by atoms with Crippen LogP contribution in [0.2, 0.25) is 0 Å². The maximum atomic E-state index is 10.6. The van der Waals surface area contributed by atoms with Crippen LogP contribution in [0.5, 0.6) is 0 Å². The van der Waals surface area contributed by atoms with Gasteiger partial charge in [0.2, 0.25) is 0 Å². The molecular formula is C15H18O9. The Hall–Kier alpha value is -2.94. The molecule has 5 N–H and O–H groups in total. The number of aliphatic hydroxyl groups excluding tert-OH is 1. The summed E-state index contributed by atoms with van der Waals surface area (Å²) < 4.78 is 0. The molecule has 9 nitrogen and oxygen atoms in total. The molecule has 0 fully saturated rings. The van der Waals surface area contributed by atoms with E-state index < -0.39 is 35.0 Å². The first-order chi connectivity index (χ1) is 11.1. The molecule has 0 aliphatic rings. The van der Waals surface area contributed by atoms with Gasteiger partial charge in [-0.2, -0.15) is 0 Å². The summed E-state index contributed by atoms with van der Waals surface area (Å²) in [5.74, 6) is -5.31. The van der Waals surface area contributed by atoms with Crippen molar-refractivity contribution in [3.8, 4) is 0 Å². The minimum Gasteiger partial charge on any atom is -0.481 e. The van der Waals surface area contributed by atoms with Gasteiger partial charge < -0.3 is 25.5 Å². The molecule has 1 aromatic rings. The van der Waals surface area contributed by atoms with Crippen molar-refractivity contribution >= 4 is 23.9 Å². The lowest BCUT2D eigenvalue weighted by Gasteiger charge is -2.02. The third-order valence-electron chi connectivity index (χ3n) is 2.94. The predicted octanol–water partition coefficient (Wildman–Crippen LogP) is 1.26. The highest BCUT2D eigenvalue weighted by Gasteiger charge is 2.17. The zero-order valence-electron chi connectivity index (χ0n) is 12.8. The fraction of sp³-hybridized carbons (Fsp3) is 0.333. The molecule has 0 amide bonds. The first-order valence-electron chi connectivity index (χ1n) is 6.79. The molecule has 0 aliphatic carbocycles. The summed E-state index contributed by atoms with van der Waals surface area (Å²) in [4.78, 5) is 41.9. The number of hydrogen-bond acceptors (Lipinski definition) is 5. The van der Waals surface area contributed by atoms with E-state index in [1.54, 1.807) is 6.92 Å². The second-order valence-corrected chi connectivity index (χ2v) is 4.78. The van der Waals surface area contributed by atoms with Crippen LogP contribution in [0.4, 0.5) is 0 Å². The highest BCUT2D eigenvalue weighted by Crippen LogP contribution is 2.12. The van der Waals surface area contributed by atoms with Crippen molar-refractivity contribution in [3.05, 3.63) is 34.9 Å². The van der Waals surface area contributed by atoms with E-state index in [0.717, 1.165) is 18.2 Å². The Morgan fingerprint density at radius 3 is 1.83 bits per heavy atom. The molecule has 0 bridgehead atoms. The molecule has 0 saturated carbocycles. The van der Waals surface area contributed by atoms with Gasteiger partial charge in [-0.3, -0.25) is 4.79 Å². The molecule has 0 aromatic heterocycles. The first kappa shape index (κ1) is 21.1. The normalized spacial score (nSPS) is 10.9. The third kappa shape index (κ3) is 6.88. The van der Waals surface area contributed by atoms with E-state index in [4.69, 9.17) is 25.5 Å². The topological polar surface area (TPSA) is 169 Å². The summed E-state index contributed by atoms with van der Waals surface area (Å²) in [6.07, 6.45) is 1.14. The lowest BCUT2D eigenvalue weighted by molar-refractivity contribution is -0.141. The molecule has 1 rings (SSSR count). The first-order valence-corrected chi connectivity index (χ1v) is 6.79. The molecule has 0 aliphatic heterocycles. The highest BCUT2D eigenvalue weighted by atomic mass is 16.4. The summed E-state index contributed by atoms with van der Waals surface area (Å²) in [5.41, 5.74) is -1.24. The van der Waals surface area contributed by atoms with Crippen LogP contribution in [-0.2, 0) is 4.79 Å². The van der Waals surface area contributed by atoms with Gasteiger partial charge in [0.1, 0.15) is 0 Å². The Labute approximate surface area is 136 Å². The molecular weight excluding hydrogens is 324 g/mol. The number of benzene rings is 1. The molecule has 1 aromatic carbocycles. The molecule has 1 unspecified atom stereocenters. The molecule has 9 heteroatoms. The van der Waals surface area contributed by atoms with Gasteiger partial charge in [-0.1, -0.05) is 6.92 Å². The van der Waals surface area contributed by atoms with Gasteiger partial charge in [-0.15, -0.1) is 0 Å². The van der Waals surface area contributed by atoms with E-state index in [-0.39, 0.29) is 18.1 Å². The Morgan fingerprint density at radius 2 is 1.46 bits per heavy atom. The SMILES string of the molecule is CC(CCCO)C(=O)O.O=C(O)c1ccc(C(=O)O)c(C(=O)O)c1. The number of carboxylic acids is 4. The predicted molar refractivity (Wildman–Crippen MR) is 80.4 cm³/mol. The van der Waals surface area contributed by atoms with Crippen LogP contribution >= 0.6 is 0 Å². The second-order valence-electron chi connectivity index (χ2n) is 4.78. The quantitative estimate of drug-likeness (QED) is 0.489. The number of rotatable bonds is 7. The smallest absolute Gasteiger partial charge is 0.336 e. The number of carbonyl (C=O) groups is 4. The van der Waals surface area contributed by atoms with Gasteiger partial charge in [0.25, 0.3) is 0 Å². The van der Waals surface area contributed by atoms with E-state index in [9.17, 15) is 19.2 Å². The lowest BCUT2D eigenvalue weighted by atomic mass is 10.0. The number of aliphatic carboxylic acids is 1. The maximum Gasteiger partial charge on any atom is 0.336 e. The van der Waals surface area contributed by atoms with Crippen LogP contribution in [0, 0.1) is 5.92 Å². The number of aliphatic hydroxyl groups is 1. The number of aromatic carboxylic acids is 3. The van der Waals surface area contributed by atoms with Crippen LogP contribution in [0.25, 0.3) is 0 Å². The average Bonchev–Trinajstić information content (AvgIpc) is 2.52. The molecule has 0 spiro atoms. The fourth-order valence-electron chi connectivity index (χ4n) is 1.56. The van der Waals surface area contributed by atoms with Crippen molar-refractivity contribution in [3.63, 3.8) is 0 Å². The molecule has 1 atom stereocenters. The standard InChI is InChI=1S/C9H6O6.C6H12O3/c10-7(11)4-1-2-5(8(12)13)6(3-4)9(14)15;1-5(6(8)9)3-2-4-7/h1-3H,(H,10,11)(H,12,13)(H,14,15);5,7H,2-4H2,1H3,(H,8,9). The summed E-state index contributed by atoms with van der Waals surface area (Å²) in [6, 6.07) is 2.81. The van der Waals surface area contributed by atoms with Gasteiger partial charge in [-0.05, 0) is 31.0 Å². The van der Waals surface area contributed by atoms with E-state index in [0.29, 0.717) is 12.8 Å². The Kier molecular flexibility index (Phi) is 8.73. The van der Waals surface area contributed by atoms with E-state index in [1.165, 1.54) is 0 Å². The largest absolute Gasteiger partial charge is 0.481 e. The van der Waals surface area contributed by atoms with E-state index in [2.05, 4.69) is 0 Å². The van der Waals surface area contributed by atoms with Crippen LogP contribution in [0.3, 0.4) is 0 Å². The fourth-order valence-corrected chi connectivity index (χ4v) is 1.56. The van der Waals surface area contributed by atoms with Crippen molar-refractivity contribution in [2.24, 2.45) is 5.92 Å². The van der Waals surface area contributed by atoms with Gasteiger partial charge in [0, 0.05) is 6.61 Å². The van der Waals surface area contributed by atoms with Gasteiger partial charge in [-0.25, -0.2) is 14.4 Å². The van der Waals surface area contributed by atoms with Gasteiger partial charge in [0.05, 0.1) is 22.6 Å². The summed E-state index contributed by atoms with van der Waals surface area (Å²) >= 11 is 0. The summed E-state index contributed by atoms with van der Waals surface area (Å²) in [6.45, 7) is 1.72. The van der Waals surface area contributed by atoms with Crippen molar-refractivity contribution in [2.75, 3.05) is 6.61 Å². The average molecular weight is 342 g/mol. The molecule has 0 saturated heterocycles. The molecule has 24 heavy (non-hydrogen) atoms. The Balaban J connectivity index is 0.000000506. The van der Waals surface area contributed by atoms with Gasteiger partial charge >= 0.3 is 23.9 Å². The van der Waals surface area contributed by atoms with Crippen LogP contribution in [0.15, 0.2) is 18.2 Å². The zero-order valence-corrected chi connectivity index (χ0v) is 12.8. The lowest BCUT2D eigenvalue weighted by Crippen LogP contribution is -2.10. The number of carboxylic acid groups (broad SMARTS) is 4. The summed E-state index contributed by atoms with van der Waals surface area (Å²) in [5, 5.41) is 42.5. The van der Waals surface area contributed by atoms with E-state index in [1.807, 2.05) is 0 Å². The highest BCUT2D eigenvalue weighted by molar-refractivity contribution is 6.03. The maximum absolute atomic E-state index is 10.6. The van der Waals surface area contributed by atoms with Crippen LogP contribution in [0.1, 0.15) is 50.8 Å². The third-order valence-corrected chi connectivity index (χ3v) is 2.94. The van der Waals surface area contributed by atoms with E-state index >= 15 is 0 Å². The van der Waals surface area contributed by atoms with Gasteiger partial charge in [0.15, 0.2) is 0 Å². The van der Waals surface area contributed by atoms with Crippen molar-refractivity contribution in [1.82, 2.24) is 0 Å². The minimum absolute atomic E-state index is 0.0810. The van der Waals surface area contributed by atoms with Crippen LogP contribution in [-0.4, -0.2) is 56.0 Å². The molecule has 0 heterocycles. The van der Waals surface area contributed by atoms with Crippen molar-refractivity contribution in [1.29, 1.82) is 0 Å².